The summed E-state index contributed by atoms with van der Waals surface area (Å²) in [7, 11) is 0. The molecule has 1 amide bonds. The fourth-order valence-corrected chi connectivity index (χ4v) is 3.86. The van der Waals surface area contributed by atoms with Crippen molar-refractivity contribution in [3.63, 3.8) is 0 Å². The Morgan fingerprint density at radius 1 is 1.22 bits per heavy atom. The molecule has 0 aromatic rings. The highest BCUT2D eigenvalue weighted by molar-refractivity contribution is 5.83. The van der Waals surface area contributed by atoms with Crippen LogP contribution >= 0.6 is 0 Å². The third kappa shape index (κ3) is 3.05. The van der Waals surface area contributed by atoms with Crippen LogP contribution in [0.15, 0.2) is 0 Å². The molecule has 0 spiro atoms. The molecule has 1 N–H and O–H groups in total. The molecule has 1 aliphatic heterocycles. The van der Waals surface area contributed by atoms with Gasteiger partial charge in [0.05, 0.1) is 6.04 Å². The summed E-state index contributed by atoms with van der Waals surface area (Å²) in [4.78, 5) is 14.7. The number of amides is 1. The van der Waals surface area contributed by atoms with Crippen molar-refractivity contribution >= 4 is 5.91 Å². The van der Waals surface area contributed by atoms with Gasteiger partial charge in [-0.3, -0.25) is 4.79 Å². The molecule has 3 nitrogen and oxygen atoms in total. The van der Waals surface area contributed by atoms with Crippen LogP contribution in [0.4, 0.5) is 0 Å². The number of carbonyl (C=O) groups excluding carboxylic acids is 1. The van der Waals surface area contributed by atoms with Crippen LogP contribution in [0.3, 0.4) is 0 Å². The van der Waals surface area contributed by atoms with Crippen LogP contribution in [0.5, 0.6) is 0 Å². The van der Waals surface area contributed by atoms with E-state index in [9.17, 15) is 4.79 Å². The highest BCUT2D eigenvalue weighted by Crippen LogP contribution is 2.33. The van der Waals surface area contributed by atoms with E-state index in [1.165, 1.54) is 19.3 Å². The highest BCUT2D eigenvalue weighted by Gasteiger charge is 2.35. The summed E-state index contributed by atoms with van der Waals surface area (Å²) in [5, 5.41) is 3.33. The van der Waals surface area contributed by atoms with Crippen LogP contribution in [0, 0.1) is 11.8 Å². The average Bonchev–Trinajstić information content (AvgIpc) is 2.31. The van der Waals surface area contributed by atoms with Gasteiger partial charge in [-0.15, -0.1) is 0 Å². The highest BCUT2D eigenvalue weighted by atomic mass is 16.2. The average molecular weight is 252 g/mol. The van der Waals surface area contributed by atoms with Crippen molar-refractivity contribution in [2.75, 3.05) is 13.1 Å². The fourth-order valence-electron chi connectivity index (χ4n) is 3.86. The van der Waals surface area contributed by atoms with E-state index in [4.69, 9.17) is 0 Å². The first-order valence-corrected chi connectivity index (χ1v) is 7.65. The molecule has 0 aromatic heterocycles. The Hall–Kier alpha value is -0.570. The summed E-state index contributed by atoms with van der Waals surface area (Å²) >= 11 is 0. The number of piperidine rings is 1. The zero-order valence-corrected chi connectivity index (χ0v) is 12.1. The summed E-state index contributed by atoms with van der Waals surface area (Å²) in [5.41, 5.74) is 0. The molecule has 3 atom stereocenters. The number of likely N-dealkylation sites (N-methyl/N-ethyl adjacent to an activating group) is 1. The SMILES string of the molecule is CCNC1CCCN(C2CC(C)CC(C)C2)C1=O. The third-order valence-corrected chi connectivity index (χ3v) is 4.52. The van der Waals surface area contributed by atoms with Gasteiger partial charge in [-0.05, 0) is 50.5 Å². The molecule has 0 aromatic carbocycles. The first-order chi connectivity index (χ1) is 8.61. The minimum absolute atomic E-state index is 0.0799. The summed E-state index contributed by atoms with van der Waals surface area (Å²) in [6.45, 7) is 8.61. The molecule has 1 aliphatic carbocycles. The Bertz CT molecular complexity index is 280. The minimum atomic E-state index is 0.0799. The van der Waals surface area contributed by atoms with Crippen molar-refractivity contribution in [1.82, 2.24) is 10.2 Å². The molecule has 2 rings (SSSR count). The molecule has 1 saturated heterocycles. The Kier molecular flexibility index (Phi) is 4.66. The minimum Gasteiger partial charge on any atom is -0.338 e. The third-order valence-electron chi connectivity index (χ3n) is 4.52. The lowest BCUT2D eigenvalue weighted by atomic mass is 9.79. The van der Waals surface area contributed by atoms with Crippen molar-refractivity contribution in [2.24, 2.45) is 11.8 Å². The van der Waals surface area contributed by atoms with E-state index in [0.717, 1.165) is 37.8 Å². The van der Waals surface area contributed by atoms with Crippen LogP contribution in [-0.4, -0.2) is 36.0 Å². The van der Waals surface area contributed by atoms with Crippen molar-refractivity contribution in [1.29, 1.82) is 0 Å². The summed E-state index contributed by atoms with van der Waals surface area (Å²) in [6.07, 6.45) is 5.91. The number of hydrogen-bond acceptors (Lipinski definition) is 2. The molecule has 2 aliphatic rings. The number of nitrogens with one attached hydrogen (secondary N) is 1. The molecular weight excluding hydrogens is 224 g/mol. The van der Waals surface area contributed by atoms with Crippen LogP contribution in [0.2, 0.25) is 0 Å². The molecule has 3 heteroatoms. The molecule has 0 radical (unpaired) electrons. The lowest BCUT2D eigenvalue weighted by Gasteiger charge is -2.43. The molecule has 1 saturated carbocycles. The largest absolute Gasteiger partial charge is 0.338 e. The second-order valence-corrected chi connectivity index (χ2v) is 6.36. The van der Waals surface area contributed by atoms with Crippen molar-refractivity contribution in [3.05, 3.63) is 0 Å². The van der Waals surface area contributed by atoms with E-state index in [1.54, 1.807) is 0 Å². The Balaban J connectivity index is 2.00. The number of rotatable bonds is 3. The topological polar surface area (TPSA) is 32.3 Å². The number of carbonyl (C=O) groups is 1. The van der Waals surface area contributed by atoms with Gasteiger partial charge in [-0.25, -0.2) is 0 Å². The Morgan fingerprint density at radius 2 is 1.89 bits per heavy atom. The van der Waals surface area contributed by atoms with Gasteiger partial charge >= 0.3 is 0 Å². The maximum Gasteiger partial charge on any atom is 0.239 e. The van der Waals surface area contributed by atoms with Crippen LogP contribution in [0.25, 0.3) is 0 Å². The van der Waals surface area contributed by atoms with Crippen molar-refractivity contribution in [3.8, 4) is 0 Å². The van der Waals surface area contributed by atoms with E-state index < -0.39 is 0 Å². The molecular formula is C15H28N2O. The molecule has 104 valence electrons. The van der Waals surface area contributed by atoms with Crippen LogP contribution < -0.4 is 5.32 Å². The van der Waals surface area contributed by atoms with Crippen molar-refractivity contribution < 1.29 is 4.79 Å². The van der Waals surface area contributed by atoms with Crippen LogP contribution in [0.1, 0.15) is 52.9 Å². The standard InChI is InChI=1S/C15H28N2O/c1-4-16-14-6-5-7-17(15(14)18)13-9-11(2)8-12(3)10-13/h11-14,16H,4-10H2,1-3H3. The van der Waals surface area contributed by atoms with E-state index in [-0.39, 0.29) is 6.04 Å². The van der Waals surface area contributed by atoms with E-state index in [1.807, 2.05) is 0 Å². The Labute approximate surface area is 111 Å². The quantitative estimate of drug-likeness (QED) is 0.836. The maximum absolute atomic E-state index is 12.5. The van der Waals surface area contributed by atoms with Gasteiger partial charge in [0.2, 0.25) is 5.91 Å². The van der Waals surface area contributed by atoms with Gasteiger partial charge in [0, 0.05) is 12.6 Å². The normalized spacial score (nSPS) is 37.9. The van der Waals surface area contributed by atoms with Gasteiger partial charge < -0.3 is 10.2 Å². The Morgan fingerprint density at radius 3 is 2.50 bits per heavy atom. The van der Waals surface area contributed by atoms with Gasteiger partial charge in [-0.2, -0.15) is 0 Å². The number of hydrogen-bond donors (Lipinski definition) is 1. The fraction of sp³-hybridized carbons (Fsp3) is 0.933. The summed E-state index contributed by atoms with van der Waals surface area (Å²) < 4.78 is 0. The second-order valence-electron chi connectivity index (χ2n) is 6.36. The predicted octanol–water partition coefficient (Wildman–Crippen LogP) is 2.41. The van der Waals surface area contributed by atoms with E-state index in [2.05, 4.69) is 31.0 Å². The van der Waals surface area contributed by atoms with Gasteiger partial charge in [0.25, 0.3) is 0 Å². The zero-order chi connectivity index (χ0) is 13.1. The van der Waals surface area contributed by atoms with Crippen LogP contribution in [-0.2, 0) is 4.79 Å². The molecule has 0 bridgehead atoms. The maximum atomic E-state index is 12.5. The second kappa shape index (κ2) is 6.05. The molecule has 1 heterocycles. The van der Waals surface area contributed by atoms with Crippen molar-refractivity contribution in [2.45, 2.75) is 65.0 Å². The molecule has 2 fully saturated rings. The van der Waals surface area contributed by atoms with E-state index >= 15 is 0 Å². The monoisotopic (exact) mass is 252 g/mol. The zero-order valence-electron chi connectivity index (χ0n) is 12.1. The smallest absolute Gasteiger partial charge is 0.239 e. The lowest BCUT2D eigenvalue weighted by molar-refractivity contribution is -0.140. The summed E-state index contributed by atoms with van der Waals surface area (Å²) in [5.74, 6) is 1.89. The molecule has 3 unspecified atom stereocenters. The number of nitrogens with zero attached hydrogens (tertiary/aromatic N) is 1. The first kappa shape index (κ1) is 13.9. The number of likely N-dealkylation sites (tertiary alicyclic amines) is 1. The van der Waals surface area contributed by atoms with Gasteiger partial charge in [-0.1, -0.05) is 20.8 Å². The van der Waals surface area contributed by atoms with Gasteiger partial charge in [0.1, 0.15) is 0 Å². The first-order valence-electron chi connectivity index (χ1n) is 7.65. The predicted molar refractivity (Wildman–Crippen MR) is 74.4 cm³/mol. The van der Waals surface area contributed by atoms with E-state index in [0.29, 0.717) is 11.9 Å². The molecule has 18 heavy (non-hydrogen) atoms. The van der Waals surface area contributed by atoms with Gasteiger partial charge in [0.15, 0.2) is 0 Å². The lowest BCUT2D eigenvalue weighted by Crippen LogP contribution is -2.55. The summed E-state index contributed by atoms with van der Waals surface area (Å²) in [6, 6.07) is 0.578.